The zero-order valence-electron chi connectivity index (χ0n) is 15.0. The van der Waals surface area contributed by atoms with E-state index < -0.39 is 8.07 Å². The lowest BCUT2D eigenvalue weighted by Crippen LogP contribution is -2.16. The van der Waals surface area contributed by atoms with Gasteiger partial charge in [-0.25, -0.2) is 0 Å². The van der Waals surface area contributed by atoms with Crippen LogP contribution in [0.25, 0.3) is 0 Å². The summed E-state index contributed by atoms with van der Waals surface area (Å²) < 4.78 is 5.85. The summed E-state index contributed by atoms with van der Waals surface area (Å²) >= 11 is 0. The van der Waals surface area contributed by atoms with E-state index in [1.807, 2.05) is 31.2 Å². The van der Waals surface area contributed by atoms with Gasteiger partial charge in [0.05, 0.1) is 6.61 Å². The molecule has 0 amide bonds. The number of hydrogen-bond acceptors (Lipinski definition) is 1. The Kier molecular flexibility index (Phi) is 12.7. The predicted octanol–water partition coefficient (Wildman–Crippen LogP) is 5.36. The molecular weight excluding hydrogens is 284 g/mol. The van der Waals surface area contributed by atoms with Crippen LogP contribution in [-0.2, 0) is 4.74 Å². The first kappa shape index (κ1) is 20.8. The fraction of sp³-hybridized carbons (Fsp3) is 0.600. The van der Waals surface area contributed by atoms with E-state index in [9.17, 15) is 0 Å². The zero-order valence-corrected chi connectivity index (χ0v) is 16.0. The van der Waals surface area contributed by atoms with Gasteiger partial charge in [-0.2, -0.15) is 0 Å². The molecule has 0 rings (SSSR count). The summed E-state index contributed by atoms with van der Waals surface area (Å²) in [6.07, 6.45) is 13.1. The summed E-state index contributed by atoms with van der Waals surface area (Å²) in [5.74, 6) is 9.81. The summed E-state index contributed by atoms with van der Waals surface area (Å²) in [6, 6.07) is 0. The number of rotatable bonds is 8. The monoisotopic (exact) mass is 316 g/mol. The maximum Gasteiger partial charge on any atom is 0.129 e. The maximum absolute atomic E-state index is 5.85. The molecule has 0 spiro atoms. The predicted molar refractivity (Wildman–Crippen MR) is 101 cm³/mol. The van der Waals surface area contributed by atoms with Gasteiger partial charge in [-0.1, -0.05) is 63.2 Å². The molecule has 2 heteroatoms. The molecule has 0 aliphatic heterocycles. The molecular formula is C20H32OSi. The maximum atomic E-state index is 5.85. The Balaban J connectivity index is 4.36. The molecule has 0 N–H and O–H groups in total. The van der Waals surface area contributed by atoms with Crippen molar-refractivity contribution in [2.75, 3.05) is 6.61 Å². The van der Waals surface area contributed by atoms with Crippen molar-refractivity contribution in [3.05, 3.63) is 24.3 Å². The molecule has 0 heterocycles. The normalized spacial score (nSPS) is 12.8. The molecule has 22 heavy (non-hydrogen) atoms. The van der Waals surface area contributed by atoms with Crippen LogP contribution in [0, 0.1) is 23.3 Å². The van der Waals surface area contributed by atoms with Crippen LogP contribution in [0.15, 0.2) is 24.3 Å². The Morgan fingerprint density at radius 1 is 1.09 bits per heavy atom. The van der Waals surface area contributed by atoms with Crippen LogP contribution >= 0.6 is 0 Å². The summed E-state index contributed by atoms with van der Waals surface area (Å²) in [5.41, 5.74) is 3.40. The molecule has 0 aromatic heterocycles. The smallest absolute Gasteiger partial charge is 0.129 e. The lowest BCUT2D eigenvalue weighted by molar-refractivity contribution is 0.111. The lowest BCUT2D eigenvalue weighted by atomic mass is 10.2. The first-order chi connectivity index (χ1) is 10.5. The Bertz CT molecular complexity index is 446. The molecule has 0 unspecified atom stereocenters. The third-order valence-electron chi connectivity index (χ3n) is 2.75. The minimum Gasteiger partial charge on any atom is -0.361 e. The van der Waals surface area contributed by atoms with E-state index in [0.29, 0.717) is 6.61 Å². The van der Waals surface area contributed by atoms with Crippen LogP contribution in [0.5, 0.6) is 0 Å². The van der Waals surface area contributed by atoms with Crippen molar-refractivity contribution in [2.24, 2.45) is 0 Å². The highest BCUT2D eigenvalue weighted by Crippen LogP contribution is 2.04. The molecule has 0 saturated carbocycles. The molecule has 0 saturated heterocycles. The molecule has 0 aromatic rings. The van der Waals surface area contributed by atoms with E-state index in [0.717, 1.165) is 25.7 Å². The fourth-order valence-corrected chi connectivity index (χ4v) is 2.25. The lowest BCUT2D eigenvalue weighted by Gasteiger charge is -2.09. The number of unbranched alkanes of at least 4 members (excludes halogenated alkanes) is 2. The minimum atomic E-state index is -1.26. The van der Waals surface area contributed by atoms with Crippen LogP contribution in [0.2, 0.25) is 19.6 Å². The Labute approximate surface area is 139 Å². The van der Waals surface area contributed by atoms with Gasteiger partial charge in [0.2, 0.25) is 0 Å². The van der Waals surface area contributed by atoms with E-state index in [1.54, 1.807) is 0 Å². The van der Waals surface area contributed by atoms with Gasteiger partial charge in [0.15, 0.2) is 0 Å². The van der Waals surface area contributed by atoms with Crippen LogP contribution in [0.1, 0.15) is 46.0 Å². The zero-order chi connectivity index (χ0) is 16.7. The van der Waals surface area contributed by atoms with Gasteiger partial charge in [0.25, 0.3) is 0 Å². The van der Waals surface area contributed by atoms with Gasteiger partial charge in [-0.05, 0) is 19.8 Å². The summed E-state index contributed by atoms with van der Waals surface area (Å²) in [4.78, 5) is 0. The van der Waals surface area contributed by atoms with Crippen molar-refractivity contribution in [1.82, 2.24) is 0 Å². The third kappa shape index (κ3) is 15.2. The van der Waals surface area contributed by atoms with Gasteiger partial charge in [-0.3, -0.25) is 0 Å². The van der Waals surface area contributed by atoms with E-state index in [2.05, 4.69) is 49.9 Å². The van der Waals surface area contributed by atoms with Gasteiger partial charge in [-0.15, -0.1) is 17.4 Å². The van der Waals surface area contributed by atoms with Gasteiger partial charge < -0.3 is 4.74 Å². The average Bonchev–Trinajstić information content (AvgIpc) is 2.45. The van der Waals surface area contributed by atoms with Crippen LogP contribution in [0.3, 0.4) is 0 Å². The van der Waals surface area contributed by atoms with E-state index in [4.69, 9.17) is 4.74 Å². The van der Waals surface area contributed by atoms with Crippen LogP contribution in [-0.4, -0.2) is 20.8 Å². The second-order valence-corrected chi connectivity index (χ2v) is 11.0. The van der Waals surface area contributed by atoms with Crippen molar-refractivity contribution < 1.29 is 4.74 Å². The highest BCUT2D eigenvalue weighted by Gasteiger charge is 2.08. The second-order valence-electron chi connectivity index (χ2n) is 6.29. The summed E-state index contributed by atoms with van der Waals surface area (Å²) in [6.45, 7) is 11.6. The van der Waals surface area contributed by atoms with Crippen LogP contribution < -0.4 is 0 Å². The largest absolute Gasteiger partial charge is 0.361 e. The topological polar surface area (TPSA) is 9.23 Å². The molecule has 0 aliphatic carbocycles. The van der Waals surface area contributed by atoms with E-state index in [-0.39, 0.29) is 6.10 Å². The Morgan fingerprint density at radius 3 is 2.50 bits per heavy atom. The van der Waals surface area contributed by atoms with Gasteiger partial charge in [0.1, 0.15) is 14.2 Å². The van der Waals surface area contributed by atoms with Gasteiger partial charge >= 0.3 is 0 Å². The first-order valence-electron chi connectivity index (χ1n) is 8.37. The standard InChI is InChI=1S/C20H32OSi/c1-6-8-10-12-16-20(21-18-14-11-9-7-2)17-13-15-19-22(3,4)5/h7,9,11,14,20H,6,8,10,13,17-18H2,1-5H3/b9-7+,14-11+/t20-/m0/s1. The quantitative estimate of drug-likeness (QED) is 0.253. The van der Waals surface area contributed by atoms with Crippen LogP contribution in [0.4, 0.5) is 0 Å². The van der Waals surface area contributed by atoms with Crippen molar-refractivity contribution in [1.29, 1.82) is 0 Å². The number of ether oxygens (including phenoxy) is 1. The van der Waals surface area contributed by atoms with Crippen molar-refractivity contribution in [3.8, 4) is 23.3 Å². The summed E-state index contributed by atoms with van der Waals surface area (Å²) in [7, 11) is -1.26. The SMILES string of the molecule is C/C=C/C=C/CO[C@@H](C#CCCCC)CCC#C[Si](C)(C)C. The van der Waals surface area contributed by atoms with Gasteiger partial charge in [0, 0.05) is 12.8 Å². The molecule has 0 fully saturated rings. The minimum absolute atomic E-state index is 0.00282. The Morgan fingerprint density at radius 2 is 1.86 bits per heavy atom. The second kappa shape index (κ2) is 13.4. The Hall–Kier alpha value is -1.22. The molecule has 0 aromatic carbocycles. The molecule has 1 atom stereocenters. The average molecular weight is 317 g/mol. The molecule has 1 nitrogen and oxygen atoms in total. The van der Waals surface area contributed by atoms with Crippen molar-refractivity contribution >= 4 is 8.07 Å². The summed E-state index contributed by atoms with van der Waals surface area (Å²) in [5, 5.41) is 0. The first-order valence-corrected chi connectivity index (χ1v) is 11.9. The molecule has 0 bridgehead atoms. The fourth-order valence-electron chi connectivity index (χ4n) is 1.60. The van der Waals surface area contributed by atoms with Crippen molar-refractivity contribution in [3.63, 3.8) is 0 Å². The molecule has 122 valence electrons. The third-order valence-corrected chi connectivity index (χ3v) is 3.67. The molecule has 0 radical (unpaired) electrons. The highest BCUT2D eigenvalue weighted by atomic mass is 28.3. The van der Waals surface area contributed by atoms with Crippen molar-refractivity contribution in [2.45, 2.75) is 71.7 Å². The number of hydrogen-bond donors (Lipinski definition) is 0. The number of allylic oxidation sites excluding steroid dienone is 3. The van der Waals surface area contributed by atoms with E-state index in [1.165, 1.54) is 6.42 Å². The van der Waals surface area contributed by atoms with E-state index >= 15 is 0 Å². The molecule has 0 aliphatic rings. The highest BCUT2D eigenvalue weighted by molar-refractivity contribution is 6.83.